The molecule has 1 saturated heterocycles. The molecule has 3 nitrogen and oxygen atoms in total. The van der Waals surface area contributed by atoms with E-state index in [1.54, 1.807) is 0 Å². The molecule has 3 heteroatoms. The first kappa shape index (κ1) is 16.1. The van der Waals surface area contributed by atoms with Crippen molar-refractivity contribution in [2.75, 3.05) is 18.4 Å². The van der Waals surface area contributed by atoms with Crippen molar-refractivity contribution in [1.82, 2.24) is 9.88 Å². The van der Waals surface area contributed by atoms with Crippen LogP contribution in [0.2, 0.25) is 0 Å². The molecule has 1 aliphatic heterocycles. The Morgan fingerprint density at radius 1 is 1.12 bits per heavy atom. The van der Waals surface area contributed by atoms with Gasteiger partial charge in [-0.05, 0) is 49.1 Å². The molecule has 0 aliphatic carbocycles. The van der Waals surface area contributed by atoms with E-state index in [0.29, 0.717) is 6.04 Å². The lowest BCUT2D eigenvalue weighted by atomic mass is 10.0. The SMILES string of the molecule is Cc1cccc(CN2CCC(Nc3cccc4cnccc34)C2)c1C. The van der Waals surface area contributed by atoms with E-state index >= 15 is 0 Å². The van der Waals surface area contributed by atoms with E-state index in [4.69, 9.17) is 0 Å². The average Bonchev–Trinajstić information content (AvgIpc) is 3.06. The van der Waals surface area contributed by atoms with Crippen LogP contribution >= 0.6 is 0 Å². The van der Waals surface area contributed by atoms with Crippen molar-refractivity contribution >= 4 is 16.5 Å². The summed E-state index contributed by atoms with van der Waals surface area (Å²) in [6.07, 6.45) is 4.99. The number of rotatable bonds is 4. The van der Waals surface area contributed by atoms with Crippen molar-refractivity contribution in [2.24, 2.45) is 0 Å². The minimum absolute atomic E-state index is 0.504. The highest BCUT2D eigenvalue weighted by molar-refractivity contribution is 5.93. The Morgan fingerprint density at radius 2 is 2.00 bits per heavy atom. The molecule has 4 rings (SSSR count). The molecule has 1 N–H and O–H groups in total. The fraction of sp³-hybridized carbons (Fsp3) is 0.318. The predicted molar refractivity (Wildman–Crippen MR) is 105 cm³/mol. The maximum absolute atomic E-state index is 4.22. The summed E-state index contributed by atoms with van der Waals surface area (Å²) >= 11 is 0. The number of hydrogen-bond donors (Lipinski definition) is 1. The molecule has 1 unspecified atom stereocenters. The molecule has 0 radical (unpaired) electrons. The maximum Gasteiger partial charge on any atom is 0.0423 e. The number of anilines is 1. The fourth-order valence-electron chi connectivity index (χ4n) is 3.79. The summed E-state index contributed by atoms with van der Waals surface area (Å²) in [6, 6.07) is 15.6. The fourth-order valence-corrected chi connectivity index (χ4v) is 3.79. The zero-order chi connectivity index (χ0) is 17.2. The third-order valence-corrected chi connectivity index (χ3v) is 5.42. The Labute approximate surface area is 149 Å². The Hall–Kier alpha value is -2.39. The van der Waals surface area contributed by atoms with Crippen molar-refractivity contribution in [3.05, 3.63) is 71.5 Å². The highest BCUT2D eigenvalue weighted by Gasteiger charge is 2.23. The molecule has 0 amide bonds. The second-order valence-electron chi connectivity index (χ2n) is 7.13. The third kappa shape index (κ3) is 3.38. The maximum atomic E-state index is 4.22. The second-order valence-corrected chi connectivity index (χ2v) is 7.13. The molecule has 0 bridgehead atoms. The molecule has 2 aromatic carbocycles. The van der Waals surface area contributed by atoms with Crippen molar-refractivity contribution < 1.29 is 0 Å². The van der Waals surface area contributed by atoms with Crippen molar-refractivity contribution in [1.29, 1.82) is 0 Å². The number of likely N-dealkylation sites (tertiary alicyclic amines) is 1. The number of hydrogen-bond acceptors (Lipinski definition) is 3. The number of nitrogens with zero attached hydrogens (tertiary/aromatic N) is 2. The Morgan fingerprint density at radius 3 is 2.92 bits per heavy atom. The summed E-state index contributed by atoms with van der Waals surface area (Å²) in [5.41, 5.74) is 5.49. The molecule has 0 spiro atoms. The van der Waals surface area contributed by atoms with E-state index in [1.807, 2.05) is 12.4 Å². The molecule has 0 saturated carbocycles. The van der Waals surface area contributed by atoms with Gasteiger partial charge >= 0.3 is 0 Å². The summed E-state index contributed by atoms with van der Waals surface area (Å²) in [6.45, 7) is 7.72. The van der Waals surface area contributed by atoms with Gasteiger partial charge in [-0.25, -0.2) is 0 Å². The largest absolute Gasteiger partial charge is 0.380 e. The van der Waals surface area contributed by atoms with Gasteiger partial charge in [0.2, 0.25) is 0 Å². The highest BCUT2D eigenvalue weighted by Crippen LogP contribution is 2.25. The number of nitrogens with one attached hydrogen (secondary N) is 1. The lowest BCUT2D eigenvalue weighted by Gasteiger charge is -2.19. The topological polar surface area (TPSA) is 28.2 Å². The first-order valence-electron chi connectivity index (χ1n) is 9.07. The van der Waals surface area contributed by atoms with Crippen molar-refractivity contribution in [2.45, 2.75) is 32.9 Å². The van der Waals surface area contributed by atoms with Gasteiger partial charge in [0, 0.05) is 54.5 Å². The van der Waals surface area contributed by atoms with Crippen LogP contribution in [0.5, 0.6) is 0 Å². The van der Waals surface area contributed by atoms with Crippen LogP contribution in [0.1, 0.15) is 23.1 Å². The summed E-state index contributed by atoms with van der Waals surface area (Å²) in [4.78, 5) is 6.79. The summed E-state index contributed by atoms with van der Waals surface area (Å²) in [5.74, 6) is 0. The lowest BCUT2D eigenvalue weighted by Crippen LogP contribution is -2.26. The van der Waals surface area contributed by atoms with Crippen LogP contribution in [0, 0.1) is 13.8 Å². The van der Waals surface area contributed by atoms with E-state index in [1.165, 1.54) is 39.6 Å². The number of pyridine rings is 1. The predicted octanol–water partition coefficient (Wildman–Crippen LogP) is 4.54. The first-order valence-corrected chi connectivity index (χ1v) is 9.07. The molecule has 3 aromatic rings. The van der Waals surface area contributed by atoms with E-state index in [0.717, 1.165) is 19.6 Å². The molecular weight excluding hydrogens is 306 g/mol. The zero-order valence-electron chi connectivity index (χ0n) is 15.0. The molecule has 25 heavy (non-hydrogen) atoms. The van der Waals surface area contributed by atoms with E-state index in [2.05, 4.69) is 71.5 Å². The Kier molecular flexibility index (Phi) is 4.41. The molecule has 1 aromatic heterocycles. The zero-order valence-corrected chi connectivity index (χ0v) is 15.0. The molecule has 2 heterocycles. The van der Waals surface area contributed by atoms with Crippen molar-refractivity contribution in [3.8, 4) is 0 Å². The van der Waals surface area contributed by atoms with E-state index in [-0.39, 0.29) is 0 Å². The van der Waals surface area contributed by atoms with Crippen LogP contribution in [0.4, 0.5) is 5.69 Å². The van der Waals surface area contributed by atoms with Gasteiger partial charge in [-0.1, -0.05) is 30.3 Å². The summed E-state index contributed by atoms with van der Waals surface area (Å²) in [7, 11) is 0. The van der Waals surface area contributed by atoms with Crippen LogP contribution in [0.3, 0.4) is 0 Å². The second kappa shape index (κ2) is 6.85. The van der Waals surface area contributed by atoms with Gasteiger partial charge in [0.05, 0.1) is 0 Å². The monoisotopic (exact) mass is 331 g/mol. The van der Waals surface area contributed by atoms with Crippen molar-refractivity contribution in [3.63, 3.8) is 0 Å². The summed E-state index contributed by atoms with van der Waals surface area (Å²) < 4.78 is 0. The normalized spacial score (nSPS) is 17.9. The average molecular weight is 331 g/mol. The van der Waals surface area contributed by atoms with Crippen LogP contribution in [-0.4, -0.2) is 29.0 Å². The van der Waals surface area contributed by atoms with Crippen LogP contribution in [0.25, 0.3) is 10.8 Å². The molecule has 128 valence electrons. The quantitative estimate of drug-likeness (QED) is 0.761. The smallest absolute Gasteiger partial charge is 0.0423 e. The Bertz CT molecular complexity index is 882. The van der Waals surface area contributed by atoms with Crippen LogP contribution in [-0.2, 0) is 6.54 Å². The van der Waals surface area contributed by atoms with Gasteiger partial charge in [0.25, 0.3) is 0 Å². The van der Waals surface area contributed by atoms with Crippen LogP contribution in [0.15, 0.2) is 54.9 Å². The van der Waals surface area contributed by atoms with Gasteiger partial charge in [0.15, 0.2) is 0 Å². The highest BCUT2D eigenvalue weighted by atomic mass is 15.2. The van der Waals surface area contributed by atoms with Crippen LogP contribution < -0.4 is 5.32 Å². The van der Waals surface area contributed by atoms with E-state index < -0.39 is 0 Å². The molecule has 1 aliphatic rings. The minimum Gasteiger partial charge on any atom is -0.380 e. The lowest BCUT2D eigenvalue weighted by molar-refractivity contribution is 0.328. The Balaban J connectivity index is 1.45. The number of benzene rings is 2. The van der Waals surface area contributed by atoms with Gasteiger partial charge in [0.1, 0.15) is 0 Å². The van der Waals surface area contributed by atoms with E-state index in [9.17, 15) is 0 Å². The van der Waals surface area contributed by atoms with Gasteiger partial charge < -0.3 is 5.32 Å². The third-order valence-electron chi connectivity index (χ3n) is 5.42. The molecular formula is C22H25N3. The van der Waals surface area contributed by atoms with Gasteiger partial charge in [-0.15, -0.1) is 0 Å². The van der Waals surface area contributed by atoms with Gasteiger partial charge in [-0.2, -0.15) is 0 Å². The first-order chi connectivity index (χ1) is 12.2. The summed E-state index contributed by atoms with van der Waals surface area (Å²) in [5, 5.41) is 6.20. The molecule has 1 atom stereocenters. The number of aryl methyl sites for hydroxylation is 1. The minimum atomic E-state index is 0.504. The van der Waals surface area contributed by atoms with Gasteiger partial charge in [-0.3, -0.25) is 9.88 Å². The molecule has 1 fully saturated rings. The number of fused-ring (bicyclic) bond motifs is 1. The number of aromatic nitrogens is 1. The standard InChI is InChI=1S/C22H25N3/c1-16-5-3-7-19(17(16)2)14-25-12-10-20(15-25)24-22-8-4-6-18-13-23-11-9-21(18)22/h3-9,11,13,20,24H,10,12,14-15H2,1-2H3.